The Morgan fingerprint density at radius 1 is 0.711 bits per heavy atom. The molecule has 0 aliphatic carbocycles. The fourth-order valence-corrected chi connectivity index (χ4v) is 5.52. The molecule has 11 heteroatoms. The highest BCUT2D eigenvalue weighted by molar-refractivity contribution is 7.89. The van der Waals surface area contributed by atoms with E-state index in [0.29, 0.717) is 39.7 Å². The Kier molecular flexibility index (Phi) is 9.43. The van der Waals surface area contributed by atoms with E-state index >= 15 is 0 Å². The maximum Gasteiger partial charge on any atom is 0.307 e. The zero-order valence-corrected chi connectivity index (χ0v) is 22.7. The second-order valence-corrected chi connectivity index (χ2v) is 10.1. The van der Waals surface area contributed by atoms with Crippen molar-refractivity contribution >= 4 is 16.0 Å². The van der Waals surface area contributed by atoms with Gasteiger partial charge < -0.3 is 28.8 Å². The third-order valence-electron chi connectivity index (χ3n) is 5.88. The van der Waals surface area contributed by atoms with Gasteiger partial charge >= 0.3 is 5.97 Å². The Bertz CT molecular complexity index is 1330. The SMILES string of the molecule is COc1ccc(CN(Cc2ccc(OC)cc2OC)S(=O)(=O)c2cc(CC(=O)O)ccc2OC)c(OC)c1. The minimum Gasteiger partial charge on any atom is -0.497 e. The fourth-order valence-electron chi connectivity index (χ4n) is 3.92. The van der Waals surface area contributed by atoms with Crippen LogP contribution in [0.3, 0.4) is 0 Å². The summed E-state index contributed by atoms with van der Waals surface area (Å²) in [7, 11) is 3.14. The van der Waals surface area contributed by atoms with E-state index in [9.17, 15) is 18.3 Å². The van der Waals surface area contributed by atoms with Crippen LogP contribution in [-0.2, 0) is 34.3 Å². The van der Waals surface area contributed by atoms with E-state index in [1.807, 2.05) is 0 Å². The Morgan fingerprint density at radius 3 is 1.63 bits per heavy atom. The molecule has 0 fully saturated rings. The molecule has 0 heterocycles. The summed E-state index contributed by atoms with van der Waals surface area (Å²) in [5.74, 6) is 1.00. The first kappa shape index (κ1) is 28.6. The number of hydrogen-bond acceptors (Lipinski definition) is 8. The van der Waals surface area contributed by atoms with Crippen molar-refractivity contribution in [1.29, 1.82) is 0 Å². The van der Waals surface area contributed by atoms with Gasteiger partial charge in [-0.05, 0) is 29.8 Å². The minimum absolute atomic E-state index is 0.0724. The summed E-state index contributed by atoms with van der Waals surface area (Å²) in [5.41, 5.74) is 1.50. The van der Waals surface area contributed by atoms with Crippen LogP contribution in [0.4, 0.5) is 0 Å². The molecule has 1 N–H and O–H groups in total. The zero-order valence-electron chi connectivity index (χ0n) is 21.9. The van der Waals surface area contributed by atoms with Crippen molar-refractivity contribution in [2.45, 2.75) is 24.4 Å². The lowest BCUT2D eigenvalue weighted by atomic mass is 10.1. The van der Waals surface area contributed by atoms with E-state index in [4.69, 9.17) is 23.7 Å². The molecule has 3 aromatic rings. The number of rotatable bonds is 13. The van der Waals surface area contributed by atoms with Crippen LogP contribution in [0.2, 0.25) is 0 Å². The Morgan fingerprint density at radius 2 is 1.21 bits per heavy atom. The maximum absolute atomic E-state index is 14.2. The molecule has 0 atom stereocenters. The van der Waals surface area contributed by atoms with Gasteiger partial charge in [0.1, 0.15) is 33.6 Å². The van der Waals surface area contributed by atoms with Crippen LogP contribution in [0, 0.1) is 0 Å². The summed E-state index contributed by atoms with van der Waals surface area (Å²) < 4.78 is 56.5. The van der Waals surface area contributed by atoms with Gasteiger partial charge in [-0.25, -0.2) is 8.42 Å². The van der Waals surface area contributed by atoms with Gasteiger partial charge in [0.15, 0.2) is 0 Å². The van der Waals surface area contributed by atoms with Gasteiger partial charge in [-0.3, -0.25) is 4.79 Å². The van der Waals surface area contributed by atoms with Crippen molar-refractivity contribution in [3.8, 4) is 28.7 Å². The monoisotopic (exact) mass is 545 g/mol. The summed E-state index contributed by atoms with van der Waals surface area (Å²) in [6.07, 6.45) is -0.342. The summed E-state index contributed by atoms with van der Waals surface area (Å²) in [6, 6.07) is 14.5. The van der Waals surface area contributed by atoms with Crippen LogP contribution in [0.25, 0.3) is 0 Å². The van der Waals surface area contributed by atoms with E-state index in [-0.39, 0.29) is 30.2 Å². The minimum atomic E-state index is -4.24. The van der Waals surface area contributed by atoms with Crippen LogP contribution < -0.4 is 23.7 Å². The lowest BCUT2D eigenvalue weighted by molar-refractivity contribution is -0.136. The molecule has 3 aromatic carbocycles. The van der Waals surface area contributed by atoms with Gasteiger partial charge in [-0.2, -0.15) is 4.31 Å². The summed E-state index contributed by atoms with van der Waals surface area (Å²) >= 11 is 0. The quantitative estimate of drug-likeness (QED) is 0.342. The average Bonchev–Trinajstić information content (AvgIpc) is 2.92. The third kappa shape index (κ3) is 6.48. The standard InChI is InChI=1S/C27H31NO9S/c1-33-21-9-7-19(24(14-21)36-4)16-28(17-20-8-10-22(34-2)15-25(20)37-5)38(31,32)26-12-18(13-27(29)30)6-11-23(26)35-3/h6-12,14-15H,13,16-17H2,1-5H3,(H,29,30). The highest BCUT2D eigenvalue weighted by Crippen LogP contribution is 2.34. The molecule has 0 aromatic heterocycles. The first-order valence-corrected chi connectivity index (χ1v) is 12.9. The first-order valence-electron chi connectivity index (χ1n) is 11.5. The molecule has 0 aliphatic heterocycles. The van der Waals surface area contributed by atoms with E-state index in [1.54, 1.807) is 36.4 Å². The molecular formula is C27H31NO9S. The Labute approximate surface area is 222 Å². The molecule has 3 rings (SSSR count). The molecule has 0 radical (unpaired) electrons. The molecule has 0 aliphatic rings. The number of aliphatic carboxylic acids is 1. The lowest BCUT2D eigenvalue weighted by Gasteiger charge is -2.25. The van der Waals surface area contributed by atoms with Crippen LogP contribution in [0.1, 0.15) is 16.7 Å². The number of carboxylic acids is 1. The van der Waals surface area contributed by atoms with Crippen molar-refractivity contribution in [3.63, 3.8) is 0 Å². The number of hydrogen-bond donors (Lipinski definition) is 1. The normalized spacial score (nSPS) is 11.2. The molecule has 0 bridgehead atoms. The summed E-state index contributed by atoms with van der Waals surface area (Å²) in [4.78, 5) is 11.2. The van der Waals surface area contributed by atoms with Gasteiger partial charge in [0, 0.05) is 36.3 Å². The topological polar surface area (TPSA) is 121 Å². The van der Waals surface area contributed by atoms with Gasteiger partial charge in [-0.1, -0.05) is 18.2 Å². The van der Waals surface area contributed by atoms with Crippen molar-refractivity contribution < 1.29 is 42.0 Å². The van der Waals surface area contributed by atoms with Crippen molar-refractivity contribution in [3.05, 3.63) is 71.3 Å². The summed E-state index contributed by atoms with van der Waals surface area (Å²) in [5, 5.41) is 9.25. The number of nitrogens with zero attached hydrogens (tertiary/aromatic N) is 1. The smallest absolute Gasteiger partial charge is 0.307 e. The van der Waals surface area contributed by atoms with Gasteiger partial charge in [0.25, 0.3) is 0 Å². The van der Waals surface area contributed by atoms with Crippen molar-refractivity contribution in [1.82, 2.24) is 4.31 Å². The molecule has 0 spiro atoms. The Balaban J connectivity index is 2.16. The second kappa shape index (κ2) is 12.5. The second-order valence-electron chi connectivity index (χ2n) is 8.18. The Hall–Kier alpha value is -3.96. The maximum atomic E-state index is 14.2. The highest BCUT2D eigenvalue weighted by atomic mass is 32.2. The average molecular weight is 546 g/mol. The molecule has 0 saturated carbocycles. The summed E-state index contributed by atoms with van der Waals surface area (Å²) in [6.45, 7) is -0.145. The lowest BCUT2D eigenvalue weighted by Crippen LogP contribution is -2.31. The molecule has 0 unspecified atom stereocenters. The molecular weight excluding hydrogens is 514 g/mol. The largest absolute Gasteiger partial charge is 0.497 e. The van der Waals surface area contributed by atoms with Crippen LogP contribution in [0.5, 0.6) is 28.7 Å². The van der Waals surface area contributed by atoms with E-state index in [1.165, 1.54) is 58.1 Å². The van der Waals surface area contributed by atoms with Crippen LogP contribution >= 0.6 is 0 Å². The first-order chi connectivity index (χ1) is 18.2. The molecule has 0 amide bonds. The molecule has 38 heavy (non-hydrogen) atoms. The number of carboxylic acid groups (broad SMARTS) is 1. The zero-order chi connectivity index (χ0) is 27.9. The van der Waals surface area contributed by atoms with Crippen molar-refractivity contribution in [2.75, 3.05) is 35.5 Å². The van der Waals surface area contributed by atoms with E-state index in [2.05, 4.69) is 0 Å². The fraction of sp³-hybridized carbons (Fsp3) is 0.296. The molecule has 204 valence electrons. The van der Waals surface area contributed by atoms with Gasteiger partial charge in [0.2, 0.25) is 10.0 Å². The van der Waals surface area contributed by atoms with Crippen LogP contribution in [-0.4, -0.2) is 59.3 Å². The predicted octanol–water partition coefficient (Wildman–Crippen LogP) is 3.75. The van der Waals surface area contributed by atoms with Crippen molar-refractivity contribution in [2.24, 2.45) is 0 Å². The van der Waals surface area contributed by atoms with Gasteiger partial charge in [0.05, 0.1) is 42.0 Å². The van der Waals surface area contributed by atoms with E-state index in [0.717, 1.165) is 0 Å². The number of sulfonamides is 1. The van der Waals surface area contributed by atoms with E-state index < -0.39 is 16.0 Å². The number of carbonyl (C=O) groups is 1. The number of ether oxygens (including phenoxy) is 5. The molecule has 0 saturated heterocycles. The predicted molar refractivity (Wildman–Crippen MR) is 140 cm³/mol. The van der Waals surface area contributed by atoms with Crippen LogP contribution in [0.15, 0.2) is 59.5 Å². The third-order valence-corrected chi connectivity index (χ3v) is 7.70. The number of benzene rings is 3. The number of methoxy groups -OCH3 is 5. The highest BCUT2D eigenvalue weighted by Gasteiger charge is 2.30. The van der Waals surface area contributed by atoms with Gasteiger partial charge in [-0.15, -0.1) is 0 Å². The molecule has 10 nitrogen and oxygen atoms in total.